The zero-order chi connectivity index (χ0) is 41.5. The minimum atomic E-state index is 0. The number of nitrogens with zero attached hydrogens (tertiary/aromatic N) is 1. The van der Waals surface area contributed by atoms with Crippen LogP contribution in [0, 0.1) is 51.4 Å². The van der Waals surface area contributed by atoms with Crippen molar-refractivity contribution in [2.45, 2.75) is 155 Å². The van der Waals surface area contributed by atoms with Crippen LogP contribution in [0.5, 0.6) is 0 Å². The number of carbonyl (C=O) groups is 2. The first kappa shape index (κ1) is 64.1. The maximum Gasteiger partial charge on any atom is 2.00 e. The van der Waals surface area contributed by atoms with Crippen molar-refractivity contribution in [2.75, 3.05) is 0 Å². The van der Waals surface area contributed by atoms with Crippen LogP contribution in [0.15, 0.2) is 107 Å². The number of benzene rings is 3. The summed E-state index contributed by atoms with van der Waals surface area (Å²) < 4.78 is 0. The summed E-state index contributed by atoms with van der Waals surface area (Å²) in [4.78, 5) is 24.8. The summed E-state index contributed by atoms with van der Waals surface area (Å²) in [6.45, 7) is 34.9. The molecule has 0 aliphatic carbocycles. The molecule has 0 fully saturated rings. The van der Waals surface area contributed by atoms with Gasteiger partial charge in [-0.25, -0.2) is 0 Å². The summed E-state index contributed by atoms with van der Waals surface area (Å²) in [5.41, 5.74) is 10.7. The molecule has 0 heterocycles. The predicted molar refractivity (Wildman–Crippen MR) is 248 cm³/mol. The van der Waals surface area contributed by atoms with Crippen molar-refractivity contribution in [1.29, 1.82) is 0 Å². The fourth-order valence-corrected chi connectivity index (χ4v) is 3.96. The first-order valence-corrected chi connectivity index (χ1v) is 20.2. The van der Waals surface area contributed by atoms with Crippen LogP contribution in [-0.4, -0.2) is 18.3 Å². The molecule has 3 aromatic rings. The molecule has 0 aliphatic rings. The first-order valence-electron chi connectivity index (χ1n) is 20.2. The van der Waals surface area contributed by atoms with Crippen molar-refractivity contribution in [3.63, 3.8) is 0 Å². The van der Waals surface area contributed by atoms with Crippen molar-refractivity contribution in [1.82, 2.24) is 0 Å². The topological polar surface area (TPSA) is 46.5 Å². The molecule has 0 saturated heterocycles. The average Bonchev–Trinajstić information content (AvgIpc) is 3.20. The van der Waals surface area contributed by atoms with E-state index in [2.05, 4.69) is 143 Å². The Hall–Kier alpha value is -2.80. The van der Waals surface area contributed by atoms with Gasteiger partial charge in [0, 0.05) is 23.4 Å². The van der Waals surface area contributed by atoms with E-state index in [-0.39, 0.29) is 38.5 Å². The molecule has 1 atom stereocenters. The second-order valence-corrected chi connectivity index (χ2v) is 12.5. The van der Waals surface area contributed by atoms with Gasteiger partial charge in [-0.05, 0) is 88.1 Å². The summed E-state index contributed by atoms with van der Waals surface area (Å²) in [5, 5.41) is 0. The Kier molecular flexibility index (Phi) is 55.2. The molecule has 3 aromatic carbocycles. The van der Waals surface area contributed by atoms with Gasteiger partial charge in [-0.1, -0.05) is 179 Å². The van der Waals surface area contributed by atoms with Gasteiger partial charge >= 0.3 is 31.1 Å². The molecule has 0 saturated carbocycles. The second kappa shape index (κ2) is 47.4. The zero-order valence-electron chi connectivity index (χ0n) is 38.4. The molecule has 55 heavy (non-hydrogen) atoms. The van der Waals surface area contributed by atoms with Crippen LogP contribution in [0.3, 0.4) is 0 Å². The van der Waals surface area contributed by atoms with Crippen molar-refractivity contribution in [2.24, 2.45) is 10.9 Å². The van der Waals surface area contributed by atoms with Crippen molar-refractivity contribution in [3.05, 3.63) is 133 Å². The van der Waals surface area contributed by atoms with Gasteiger partial charge in [0.25, 0.3) is 0 Å². The molecule has 0 aliphatic heterocycles. The minimum absolute atomic E-state index is 0. The molecule has 3 nitrogen and oxygen atoms in total. The van der Waals surface area contributed by atoms with Gasteiger partial charge in [0.1, 0.15) is 12.6 Å². The standard InChI is InChI=1S/C15H14O.C13H23N.C8H10.C6H12O.C4H9.2C2H6.CH3.U/c1-2-12-3-7-14(8-4-12)15-9-5-13(11-16)6-10-15;1-7-8-11(4)9-12(5)14-13(6)10(2)3;1-2-8-6-4-3-5-7-8;1-3-6(2)4-5-7;1-3-4-2;2*1-2;;/h3-11H,2H2,1H3;9H,7-8H2,1-6H3;3-7H,2H2,1H3;5-6H,3-4H2,1-2H3;1,3-4H2,2H3;2*1-2H3;1H3;/q;;;;-1;;;-1;+2/b;11-9+,14-12?;;;;;;;. The number of rotatable bonds is 12. The van der Waals surface area contributed by atoms with E-state index >= 15 is 0 Å². The predicted octanol–water partition coefficient (Wildman–Crippen LogP) is 16.2. The smallest absolute Gasteiger partial charge is 0.358 e. The van der Waals surface area contributed by atoms with E-state index in [1.54, 1.807) is 0 Å². The van der Waals surface area contributed by atoms with Crippen molar-refractivity contribution >= 4 is 18.3 Å². The number of aliphatic imine (C=N–C) groups is 1. The molecule has 0 spiro atoms. The number of carbonyl (C=O) groups excluding carboxylic acids is 2. The third kappa shape index (κ3) is 39.2. The average molecular weight is 980 g/mol. The van der Waals surface area contributed by atoms with E-state index in [9.17, 15) is 9.59 Å². The van der Waals surface area contributed by atoms with E-state index in [4.69, 9.17) is 0 Å². The summed E-state index contributed by atoms with van der Waals surface area (Å²) in [5.74, 6) is 0.581. The molecular weight excluding hydrogens is 897 g/mol. The van der Waals surface area contributed by atoms with Crippen LogP contribution in [0.1, 0.15) is 164 Å². The molecule has 3 rings (SSSR count). The Morgan fingerprint density at radius 3 is 1.44 bits per heavy atom. The van der Waals surface area contributed by atoms with Gasteiger partial charge < -0.3 is 19.1 Å². The Labute approximate surface area is 366 Å². The molecule has 308 valence electrons. The normalized spacial score (nSPS) is 10.0. The largest absolute Gasteiger partial charge is 2.00 e. The van der Waals surface area contributed by atoms with Gasteiger partial charge in [0.2, 0.25) is 0 Å². The van der Waals surface area contributed by atoms with Crippen LogP contribution in [0.2, 0.25) is 0 Å². The molecule has 0 radical (unpaired) electrons. The fourth-order valence-electron chi connectivity index (χ4n) is 3.96. The first-order chi connectivity index (χ1) is 25.5. The van der Waals surface area contributed by atoms with Gasteiger partial charge in [0.05, 0.1) is 0 Å². The van der Waals surface area contributed by atoms with E-state index < -0.39 is 0 Å². The molecule has 0 bridgehead atoms. The summed E-state index contributed by atoms with van der Waals surface area (Å²) in [7, 11) is 0. The summed E-state index contributed by atoms with van der Waals surface area (Å²) >= 11 is 0. The number of hydrogen-bond donors (Lipinski definition) is 0. The van der Waals surface area contributed by atoms with E-state index in [1.165, 1.54) is 47.1 Å². The van der Waals surface area contributed by atoms with Crippen molar-refractivity contribution in [3.8, 4) is 11.1 Å². The molecule has 4 heteroatoms. The number of allylic oxidation sites excluding steroid dienone is 4. The Morgan fingerprint density at radius 1 is 0.691 bits per heavy atom. The molecular formula is C51H83NO2U. The maximum atomic E-state index is 10.5. The van der Waals surface area contributed by atoms with Gasteiger partial charge in [-0.3, -0.25) is 9.79 Å². The number of aryl methyl sites for hydroxylation is 2. The maximum absolute atomic E-state index is 10.5. The molecule has 1 unspecified atom stereocenters. The Morgan fingerprint density at radius 2 is 1.13 bits per heavy atom. The number of unbranched alkanes of at least 4 members (excludes halogenated alkanes) is 1. The van der Waals surface area contributed by atoms with Crippen LogP contribution < -0.4 is 0 Å². The Bertz CT molecular complexity index is 1330. The molecule has 0 N–H and O–H groups in total. The van der Waals surface area contributed by atoms with E-state index in [1.807, 2.05) is 58.0 Å². The summed E-state index contributed by atoms with van der Waals surface area (Å²) in [6, 6.07) is 26.6. The molecule has 0 aromatic heterocycles. The quantitative estimate of drug-likeness (QED) is 0.103. The number of hydrogen-bond acceptors (Lipinski definition) is 3. The van der Waals surface area contributed by atoms with Gasteiger partial charge in [-0.2, -0.15) is 6.42 Å². The Balaban J connectivity index is -0.000000140. The van der Waals surface area contributed by atoms with Gasteiger partial charge in [-0.15, -0.1) is 0 Å². The third-order valence-corrected chi connectivity index (χ3v) is 7.71. The monoisotopic (exact) mass is 980 g/mol. The summed E-state index contributed by atoms with van der Waals surface area (Å²) in [6.07, 6.45) is 12.7. The van der Waals surface area contributed by atoms with Crippen LogP contribution >= 0.6 is 0 Å². The zero-order valence-corrected chi connectivity index (χ0v) is 42.6. The second-order valence-electron chi connectivity index (χ2n) is 12.5. The van der Waals surface area contributed by atoms with E-state index in [0.717, 1.165) is 61.6 Å². The van der Waals surface area contributed by atoms with Crippen LogP contribution in [0.25, 0.3) is 11.1 Å². The van der Waals surface area contributed by atoms with Gasteiger partial charge in [0.15, 0.2) is 0 Å². The third-order valence-electron chi connectivity index (χ3n) is 7.71. The van der Waals surface area contributed by atoms with Crippen LogP contribution in [-0.2, 0) is 17.6 Å². The fraction of sp³-hybridized carbons (Fsp3) is 0.471. The van der Waals surface area contributed by atoms with Crippen molar-refractivity contribution < 1.29 is 40.7 Å². The minimum Gasteiger partial charge on any atom is -0.358 e. The van der Waals surface area contributed by atoms with E-state index in [0.29, 0.717) is 11.5 Å². The van der Waals surface area contributed by atoms with Crippen LogP contribution in [0.4, 0.5) is 0 Å². The number of aldehydes is 2. The molecule has 0 amide bonds. The SMILES string of the molecule is CC.CC.CCC(C)CC=O.CCC/C(C)=C/C(C)=NC(C)=C(C)C.CCc1ccc(-c2ccc(C=O)cc2)cc1.CCc1ccccc1.[CH2-]CCC.[CH3-].[U+2].